The van der Waals surface area contributed by atoms with E-state index in [-0.39, 0.29) is 49.6 Å². The number of amides is 3. The molecule has 12 heteroatoms. The van der Waals surface area contributed by atoms with Crippen molar-refractivity contribution in [1.29, 1.82) is 0 Å². The smallest absolute Gasteiger partial charge is 0.337 e. The van der Waals surface area contributed by atoms with Crippen molar-refractivity contribution >= 4 is 58.2 Å². The number of nitrogens with two attached hydrogens (primary N) is 1. The topological polar surface area (TPSA) is 143 Å². The van der Waals surface area contributed by atoms with Gasteiger partial charge in [-0.1, -0.05) is 24.3 Å². The van der Waals surface area contributed by atoms with Crippen LogP contribution in [-0.4, -0.2) is 70.1 Å². The number of esters is 1. The molecule has 0 saturated heterocycles. The highest BCUT2D eigenvalue weighted by Gasteiger charge is 2.37. The van der Waals surface area contributed by atoms with Gasteiger partial charge in [-0.3, -0.25) is 14.4 Å². The minimum absolute atomic E-state index is 0. The first-order valence-corrected chi connectivity index (χ1v) is 14.3. The Morgan fingerprint density at radius 3 is 2.43 bits per heavy atom. The van der Waals surface area contributed by atoms with Crippen molar-refractivity contribution in [3.8, 4) is 5.75 Å². The predicted octanol–water partition coefficient (Wildman–Crippen LogP) is 3.16. The third-order valence-corrected chi connectivity index (χ3v) is 7.73. The number of unbranched alkanes of at least 4 members (excludes halogenated alkanes) is 1. The lowest BCUT2D eigenvalue weighted by molar-refractivity contribution is -0.128. The first-order chi connectivity index (χ1) is 20.7. The summed E-state index contributed by atoms with van der Waals surface area (Å²) in [7, 11) is 4.54. The number of hydrogen-bond donors (Lipinski definition) is 3. The Morgan fingerprint density at radius 1 is 1.05 bits per heavy atom. The summed E-state index contributed by atoms with van der Waals surface area (Å²) in [4.78, 5) is 56.2. The second kappa shape index (κ2) is 15.5. The Labute approximate surface area is 263 Å². The molecule has 3 amide bonds. The number of carbonyl (C=O) groups is 4. The van der Waals surface area contributed by atoms with Gasteiger partial charge < -0.3 is 35.6 Å². The van der Waals surface area contributed by atoms with Crippen LogP contribution in [0.2, 0.25) is 0 Å². The molecule has 0 aromatic heterocycles. The first-order valence-electron chi connectivity index (χ1n) is 14.3. The zero-order valence-corrected chi connectivity index (χ0v) is 26.2. The maximum Gasteiger partial charge on any atom is 0.337 e. The number of fused-ring (bicyclic) bond motifs is 2. The molecule has 11 nitrogen and oxygen atoms in total. The van der Waals surface area contributed by atoms with Gasteiger partial charge in [0, 0.05) is 12.0 Å². The second-order valence-corrected chi connectivity index (χ2v) is 10.4. The van der Waals surface area contributed by atoms with Gasteiger partial charge >= 0.3 is 5.97 Å². The second-order valence-electron chi connectivity index (χ2n) is 10.4. The molecule has 1 aliphatic heterocycles. The van der Waals surface area contributed by atoms with Crippen LogP contribution in [0, 0.1) is 0 Å². The predicted molar refractivity (Wildman–Crippen MR) is 172 cm³/mol. The number of nitrogens with zero attached hydrogens (tertiary/aromatic N) is 2. The van der Waals surface area contributed by atoms with E-state index in [1.807, 2.05) is 12.1 Å². The molecule has 0 radical (unpaired) electrons. The molecule has 44 heavy (non-hydrogen) atoms. The minimum atomic E-state index is -1.01. The summed E-state index contributed by atoms with van der Waals surface area (Å²) in [6.07, 6.45) is 1.57. The third kappa shape index (κ3) is 7.29. The molecule has 1 aliphatic rings. The Balaban J connectivity index is 0.00000529. The number of hydrogen-bond acceptors (Lipinski definition) is 8. The molecular weight excluding hydrogens is 586 g/mol. The van der Waals surface area contributed by atoms with Crippen LogP contribution in [0.3, 0.4) is 0 Å². The molecule has 0 bridgehead atoms. The van der Waals surface area contributed by atoms with E-state index in [2.05, 4.69) is 10.6 Å². The Kier molecular flexibility index (Phi) is 12.1. The molecule has 3 aromatic carbocycles. The minimum Gasteiger partial charge on any atom is -0.496 e. The molecule has 0 aliphatic carbocycles. The average molecular weight is 626 g/mol. The van der Waals surface area contributed by atoms with Gasteiger partial charge in [0.2, 0.25) is 11.8 Å². The first kappa shape index (κ1) is 34.3. The van der Waals surface area contributed by atoms with Crippen molar-refractivity contribution in [3.63, 3.8) is 0 Å². The van der Waals surface area contributed by atoms with Crippen LogP contribution in [0.5, 0.6) is 5.75 Å². The van der Waals surface area contributed by atoms with Gasteiger partial charge in [0.25, 0.3) is 5.91 Å². The summed E-state index contributed by atoms with van der Waals surface area (Å²) in [5.74, 6) is -0.796. The number of benzene rings is 3. The van der Waals surface area contributed by atoms with E-state index < -0.39 is 18.1 Å². The molecule has 1 heterocycles. The largest absolute Gasteiger partial charge is 0.496 e. The van der Waals surface area contributed by atoms with E-state index in [1.54, 1.807) is 73.3 Å². The Bertz CT molecular complexity index is 1520. The highest BCUT2D eigenvalue weighted by atomic mass is 35.5. The quantitative estimate of drug-likeness (QED) is 0.218. The highest BCUT2D eigenvalue weighted by molar-refractivity contribution is 6.08. The van der Waals surface area contributed by atoms with Crippen molar-refractivity contribution in [2.45, 2.75) is 44.8 Å². The lowest BCUT2D eigenvalue weighted by atomic mass is 10.00. The monoisotopic (exact) mass is 625 g/mol. The van der Waals surface area contributed by atoms with Crippen LogP contribution in [0.25, 0.3) is 10.8 Å². The van der Waals surface area contributed by atoms with Crippen molar-refractivity contribution in [2.24, 2.45) is 5.73 Å². The van der Waals surface area contributed by atoms with Crippen molar-refractivity contribution in [1.82, 2.24) is 10.6 Å². The van der Waals surface area contributed by atoms with Gasteiger partial charge in [0.1, 0.15) is 11.8 Å². The van der Waals surface area contributed by atoms with Crippen LogP contribution in [-0.2, 0) is 25.7 Å². The summed E-state index contributed by atoms with van der Waals surface area (Å²) >= 11 is 0. The number of likely N-dealkylation sites (N-methyl/N-ethyl adjacent to an activating group) is 1. The van der Waals surface area contributed by atoms with Gasteiger partial charge in [-0.2, -0.15) is 0 Å². The molecule has 4 rings (SSSR count). The van der Waals surface area contributed by atoms with Crippen LogP contribution in [0.15, 0.2) is 54.6 Å². The molecule has 4 N–H and O–H groups in total. The van der Waals surface area contributed by atoms with Crippen molar-refractivity contribution in [2.75, 3.05) is 44.2 Å². The fourth-order valence-corrected chi connectivity index (χ4v) is 5.21. The van der Waals surface area contributed by atoms with Gasteiger partial charge in [-0.05, 0) is 74.5 Å². The zero-order valence-electron chi connectivity index (χ0n) is 25.4. The molecular formula is C32H40ClN5O6. The van der Waals surface area contributed by atoms with Crippen LogP contribution >= 0.6 is 12.4 Å². The normalized spacial score (nSPS) is 15.1. The average Bonchev–Trinajstić information content (AvgIpc) is 3.14. The van der Waals surface area contributed by atoms with E-state index in [4.69, 9.17) is 15.2 Å². The van der Waals surface area contributed by atoms with E-state index in [9.17, 15) is 19.2 Å². The molecule has 0 unspecified atom stereocenters. The summed E-state index contributed by atoms with van der Waals surface area (Å²) in [5.41, 5.74) is 7.85. The molecule has 0 saturated carbocycles. The lowest BCUT2D eigenvalue weighted by Crippen LogP contribution is -2.55. The number of halogens is 1. The van der Waals surface area contributed by atoms with Crippen molar-refractivity contribution < 1.29 is 28.7 Å². The molecule has 0 fully saturated rings. The van der Waals surface area contributed by atoms with Gasteiger partial charge in [0.05, 0.1) is 50.3 Å². The highest BCUT2D eigenvalue weighted by Crippen LogP contribution is 2.37. The summed E-state index contributed by atoms with van der Waals surface area (Å²) in [6.45, 7) is 2.23. The Morgan fingerprint density at radius 2 is 1.77 bits per heavy atom. The number of carbonyl (C=O) groups excluding carboxylic acids is 4. The number of para-hydroxylation sites is 2. The standard InChI is InChI=1S/C32H39N5O6.ClH/c1-20(34-2)30(39)35-25-19-36(29(38)11-7-8-16-33)26-9-5-6-10-27(26)37(31(25)40)18-24-23-14-12-22(32(41)43-4)17-21(23)13-15-28(24)42-3;/h5-6,9-10,12-15,17,20,25,34H,7-8,11,16,18-19,33H2,1-4H3,(H,35,39);1H/t20-,25-;/m0./s1. The number of methoxy groups -OCH3 is 2. The van der Waals surface area contributed by atoms with E-state index in [1.165, 1.54) is 7.11 Å². The summed E-state index contributed by atoms with van der Waals surface area (Å²) < 4.78 is 10.6. The number of ether oxygens (including phenoxy) is 2. The Hall–Kier alpha value is -4.19. The van der Waals surface area contributed by atoms with E-state index in [0.717, 1.165) is 10.8 Å². The van der Waals surface area contributed by atoms with Crippen LogP contribution in [0.4, 0.5) is 11.4 Å². The maximum atomic E-state index is 14.3. The number of anilines is 2. The number of nitrogens with one attached hydrogen (secondary N) is 2. The molecule has 0 spiro atoms. The van der Waals surface area contributed by atoms with Gasteiger partial charge in [-0.15, -0.1) is 12.4 Å². The fraction of sp³-hybridized carbons (Fsp3) is 0.375. The van der Waals surface area contributed by atoms with Crippen molar-refractivity contribution in [3.05, 3.63) is 65.7 Å². The fourth-order valence-electron chi connectivity index (χ4n) is 5.21. The van der Waals surface area contributed by atoms with E-state index >= 15 is 0 Å². The number of rotatable bonds is 11. The van der Waals surface area contributed by atoms with Crippen LogP contribution in [0.1, 0.15) is 42.1 Å². The zero-order chi connectivity index (χ0) is 31.1. The lowest BCUT2D eigenvalue weighted by Gasteiger charge is -2.27. The van der Waals surface area contributed by atoms with Crippen LogP contribution < -0.4 is 30.9 Å². The maximum absolute atomic E-state index is 14.3. The third-order valence-electron chi connectivity index (χ3n) is 7.73. The SMILES string of the molecule is CN[C@@H](C)C(=O)N[C@H]1CN(C(=O)CCCCN)c2ccccc2N(Cc2c(OC)ccc3cc(C(=O)OC)ccc23)C1=O.Cl. The van der Waals surface area contributed by atoms with Gasteiger partial charge in [0.15, 0.2) is 0 Å². The summed E-state index contributed by atoms with van der Waals surface area (Å²) in [6, 6.07) is 14.5. The van der Waals surface area contributed by atoms with E-state index in [0.29, 0.717) is 47.6 Å². The summed E-state index contributed by atoms with van der Waals surface area (Å²) in [5, 5.41) is 7.30. The molecule has 236 valence electrons. The molecule has 3 aromatic rings. The molecule has 2 atom stereocenters. The van der Waals surface area contributed by atoms with Gasteiger partial charge in [-0.25, -0.2) is 4.79 Å².